The summed E-state index contributed by atoms with van der Waals surface area (Å²) in [6.07, 6.45) is 3.78. The first-order chi connectivity index (χ1) is 8.25. The van der Waals surface area contributed by atoms with E-state index in [0.29, 0.717) is 19.0 Å². The van der Waals surface area contributed by atoms with Gasteiger partial charge in [0.05, 0.1) is 6.61 Å². The molecule has 1 unspecified atom stereocenters. The highest BCUT2D eigenvalue weighted by Crippen LogP contribution is 2.24. The largest absolute Gasteiger partial charge is 0.377 e. The van der Waals surface area contributed by atoms with Gasteiger partial charge < -0.3 is 4.74 Å². The number of ketones is 1. The maximum Gasteiger partial charge on any atom is 0.136 e. The normalized spacial score (nSPS) is 19.8. The van der Waals surface area contributed by atoms with Crippen LogP contribution in [-0.4, -0.2) is 12.4 Å². The molecule has 0 bridgehead atoms. The molecule has 17 heavy (non-hydrogen) atoms. The zero-order chi connectivity index (χ0) is 12.1. The van der Waals surface area contributed by atoms with Crippen molar-refractivity contribution >= 4 is 21.7 Å². The number of halogens is 1. The molecule has 92 valence electrons. The van der Waals surface area contributed by atoms with E-state index < -0.39 is 0 Å². The summed E-state index contributed by atoms with van der Waals surface area (Å²) in [5.74, 6) is 0.688. The summed E-state index contributed by atoms with van der Waals surface area (Å²) < 4.78 is 6.69. The van der Waals surface area contributed by atoms with Gasteiger partial charge in [-0.15, -0.1) is 0 Å². The molecule has 0 heterocycles. The Morgan fingerprint density at radius 2 is 2.29 bits per heavy atom. The average Bonchev–Trinajstić information content (AvgIpc) is 2.71. The van der Waals surface area contributed by atoms with Crippen molar-refractivity contribution in [1.29, 1.82) is 0 Å². The molecule has 1 aromatic carbocycles. The minimum atomic E-state index is 0.262. The molecule has 1 fully saturated rings. The third kappa shape index (κ3) is 3.93. The van der Waals surface area contributed by atoms with Crippen LogP contribution in [0.1, 0.15) is 31.2 Å². The van der Waals surface area contributed by atoms with Crippen LogP contribution in [0, 0.1) is 5.92 Å². The quantitative estimate of drug-likeness (QED) is 0.774. The molecule has 1 aromatic rings. The van der Waals surface area contributed by atoms with Crippen molar-refractivity contribution in [2.75, 3.05) is 6.61 Å². The lowest BCUT2D eigenvalue weighted by atomic mass is 10.0. The molecule has 1 aliphatic rings. The van der Waals surface area contributed by atoms with Crippen molar-refractivity contribution in [2.45, 2.75) is 32.3 Å². The summed E-state index contributed by atoms with van der Waals surface area (Å²) in [6, 6.07) is 8.11. The summed E-state index contributed by atoms with van der Waals surface area (Å²) in [7, 11) is 0. The highest BCUT2D eigenvalue weighted by molar-refractivity contribution is 9.10. The first kappa shape index (κ1) is 12.8. The zero-order valence-corrected chi connectivity index (χ0v) is 11.4. The van der Waals surface area contributed by atoms with E-state index in [4.69, 9.17) is 4.74 Å². The Bertz CT molecular complexity index is 390. The molecule has 1 aliphatic carbocycles. The Labute approximate surface area is 110 Å². The van der Waals surface area contributed by atoms with Crippen LogP contribution in [0.25, 0.3) is 0 Å². The van der Waals surface area contributed by atoms with Crippen LogP contribution in [0.5, 0.6) is 0 Å². The van der Waals surface area contributed by atoms with E-state index in [9.17, 15) is 4.79 Å². The number of hydrogen-bond acceptors (Lipinski definition) is 2. The number of ether oxygens (including phenoxy) is 1. The van der Waals surface area contributed by atoms with Crippen LogP contribution in [0.3, 0.4) is 0 Å². The van der Waals surface area contributed by atoms with Crippen molar-refractivity contribution in [2.24, 2.45) is 5.92 Å². The van der Waals surface area contributed by atoms with Gasteiger partial charge in [0.2, 0.25) is 0 Å². The number of Topliss-reactive ketones (excluding diaryl/α,β-unsaturated/α-hetero) is 1. The molecule has 0 amide bonds. The first-order valence-corrected chi connectivity index (χ1v) is 6.90. The van der Waals surface area contributed by atoms with E-state index in [1.165, 1.54) is 0 Å². The van der Waals surface area contributed by atoms with Crippen molar-refractivity contribution in [3.8, 4) is 0 Å². The maximum absolute atomic E-state index is 11.4. The van der Waals surface area contributed by atoms with Gasteiger partial charge >= 0.3 is 0 Å². The fourth-order valence-corrected chi connectivity index (χ4v) is 2.68. The molecule has 2 nitrogen and oxygen atoms in total. The van der Waals surface area contributed by atoms with Gasteiger partial charge in [0.15, 0.2) is 0 Å². The van der Waals surface area contributed by atoms with E-state index in [0.717, 1.165) is 35.7 Å². The number of benzene rings is 1. The van der Waals surface area contributed by atoms with Gasteiger partial charge in [-0.05, 0) is 37.0 Å². The fraction of sp³-hybridized carbons (Fsp3) is 0.500. The van der Waals surface area contributed by atoms with E-state index >= 15 is 0 Å². The van der Waals surface area contributed by atoms with Gasteiger partial charge in [-0.2, -0.15) is 0 Å². The summed E-state index contributed by atoms with van der Waals surface area (Å²) in [4.78, 5) is 11.4. The van der Waals surface area contributed by atoms with Crippen LogP contribution < -0.4 is 0 Å². The summed E-state index contributed by atoms with van der Waals surface area (Å²) >= 11 is 3.43. The monoisotopic (exact) mass is 296 g/mol. The van der Waals surface area contributed by atoms with E-state index in [1.807, 2.05) is 18.2 Å². The second-order valence-corrected chi connectivity index (χ2v) is 5.44. The van der Waals surface area contributed by atoms with Crippen LogP contribution in [-0.2, 0) is 16.1 Å². The second kappa shape index (κ2) is 6.31. The number of carbonyl (C=O) groups is 1. The minimum Gasteiger partial charge on any atom is -0.377 e. The number of carbonyl (C=O) groups excluding carboxylic acids is 1. The highest BCUT2D eigenvalue weighted by atomic mass is 79.9. The molecule has 2 rings (SSSR count). The van der Waals surface area contributed by atoms with E-state index in [-0.39, 0.29) is 5.92 Å². The number of rotatable bonds is 5. The predicted octanol–water partition coefficient (Wildman–Crippen LogP) is 3.73. The minimum absolute atomic E-state index is 0.262. The maximum atomic E-state index is 11.4. The van der Waals surface area contributed by atoms with Crippen LogP contribution in [0.4, 0.5) is 0 Å². The molecule has 0 aromatic heterocycles. The molecule has 0 saturated heterocycles. The Kier molecular flexibility index (Phi) is 4.75. The zero-order valence-electron chi connectivity index (χ0n) is 9.82. The molecule has 0 N–H and O–H groups in total. The Hall–Kier alpha value is -0.670. The molecule has 0 spiro atoms. The van der Waals surface area contributed by atoms with Crippen molar-refractivity contribution in [3.63, 3.8) is 0 Å². The van der Waals surface area contributed by atoms with Gasteiger partial charge in [0.25, 0.3) is 0 Å². The van der Waals surface area contributed by atoms with Crippen LogP contribution in [0.2, 0.25) is 0 Å². The van der Waals surface area contributed by atoms with Gasteiger partial charge in [-0.1, -0.05) is 28.1 Å². The van der Waals surface area contributed by atoms with Gasteiger partial charge in [-0.3, -0.25) is 4.79 Å². The lowest BCUT2D eigenvalue weighted by molar-refractivity contribution is -0.121. The Balaban J connectivity index is 1.68. The van der Waals surface area contributed by atoms with Gasteiger partial charge in [0.1, 0.15) is 5.78 Å². The summed E-state index contributed by atoms with van der Waals surface area (Å²) in [6.45, 7) is 1.31. The standard InChI is InChI=1S/C14H17BrO2/c15-13-5-1-3-11(9-13)10-17-8-7-12-4-2-6-14(12)16/h1,3,5,9,12H,2,4,6-8,10H2. The fourth-order valence-electron chi connectivity index (χ4n) is 2.24. The molecule has 1 saturated carbocycles. The molecule has 0 radical (unpaired) electrons. The van der Waals surface area contributed by atoms with E-state index in [1.54, 1.807) is 0 Å². The van der Waals surface area contributed by atoms with Crippen molar-refractivity contribution < 1.29 is 9.53 Å². The van der Waals surface area contributed by atoms with Gasteiger partial charge in [-0.25, -0.2) is 0 Å². The second-order valence-electron chi connectivity index (χ2n) is 4.53. The molecule has 3 heteroatoms. The first-order valence-electron chi connectivity index (χ1n) is 6.10. The molecular weight excluding hydrogens is 280 g/mol. The third-order valence-corrected chi connectivity index (χ3v) is 3.69. The Morgan fingerprint density at radius 1 is 1.41 bits per heavy atom. The van der Waals surface area contributed by atoms with Crippen LogP contribution in [0.15, 0.2) is 28.7 Å². The summed E-state index contributed by atoms with van der Waals surface area (Å²) in [5, 5.41) is 0. The smallest absolute Gasteiger partial charge is 0.136 e. The third-order valence-electron chi connectivity index (χ3n) is 3.20. The number of hydrogen-bond donors (Lipinski definition) is 0. The van der Waals surface area contributed by atoms with Crippen molar-refractivity contribution in [1.82, 2.24) is 0 Å². The average molecular weight is 297 g/mol. The van der Waals surface area contributed by atoms with E-state index in [2.05, 4.69) is 22.0 Å². The Morgan fingerprint density at radius 3 is 3.00 bits per heavy atom. The predicted molar refractivity (Wildman–Crippen MR) is 70.8 cm³/mol. The SMILES string of the molecule is O=C1CCCC1CCOCc1cccc(Br)c1. The lowest BCUT2D eigenvalue weighted by Crippen LogP contribution is -2.09. The highest BCUT2D eigenvalue weighted by Gasteiger charge is 2.23. The topological polar surface area (TPSA) is 26.3 Å². The van der Waals surface area contributed by atoms with Crippen molar-refractivity contribution in [3.05, 3.63) is 34.3 Å². The summed E-state index contributed by atoms with van der Waals surface area (Å²) in [5.41, 5.74) is 1.16. The van der Waals surface area contributed by atoms with Gasteiger partial charge in [0, 0.05) is 23.4 Å². The molecule has 0 aliphatic heterocycles. The molecule has 1 atom stereocenters. The lowest BCUT2D eigenvalue weighted by Gasteiger charge is -2.08. The van der Waals surface area contributed by atoms with Crippen LogP contribution >= 0.6 is 15.9 Å². The molecular formula is C14H17BrO2.